The Hall–Kier alpha value is -2.26. The van der Waals surface area contributed by atoms with E-state index in [1.54, 1.807) is 7.11 Å². The van der Waals surface area contributed by atoms with E-state index in [-0.39, 0.29) is 5.54 Å². The Labute approximate surface area is 161 Å². The largest absolute Gasteiger partial charge is 0.495 e. The molecule has 0 spiro atoms. The highest BCUT2D eigenvalue weighted by atomic mass is 35.5. The van der Waals surface area contributed by atoms with Crippen LogP contribution in [-0.2, 0) is 0 Å². The second-order valence-corrected chi connectivity index (χ2v) is 7.49. The molecule has 1 aliphatic heterocycles. The molecule has 0 amide bonds. The lowest BCUT2D eigenvalue weighted by Gasteiger charge is -2.42. The van der Waals surface area contributed by atoms with Crippen LogP contribution in [0.1, 0.15) is 38.8 Å². The Morgan fingerprint density at radius 1 is 1.19 bits per heavy atom. The first-order valence-corrected chi connectivity index (χ1v) is 9.22. The molecule has 0 atom stereocenters. The highest BCUT2D eigenvalue weighted by Gasteiger charge is 2.29. The van der Waals surface area contributed by atoms with E-state index in [9.17, 15) is 0 Å². The number of allylic oxidation sites excluding steroid dienone is 1. The number of methoxy groups -OCH3 is 1. The molecule has 3 rings (SSSR count). The van der Waals surface area contributed by atoms with Gasteiger partial charge in [-0.1, -0.05) is 23.7 Å². The van der Waals surface area contributed by atoms with Crippen LogP contribution >= 0.6 is 11.6 Å². The minimum Gasteiger partial charge on any atom is -0.495 e. The molecule has 4 heteroatoms. The number of nitrogens with zero attached hydrogens (tertiary/aromatic N) is 2. The maximum absolute atomic E-state index is 6.17. The van der Waals surface area contributed by atoms with Crippen LogP contribution in [0.2, 0.25) is 5.02 Å². The van der Waals surface area contributed by atoms with Crippen molar-refractivity contribution in [3.8, 4) is 5.75 Å². The van der Waals surface area contributed by atoms with Gasteiger partial charge in [0.2, 0.25) is 0 Å². The zero-order valence-corrected chi connectivity index (χ0v) is 16.8. The third-order valence-electron chi connectivity index (χ3n) is 4.82. The van der Waals surface area contributed by atoms with E-state index in [1.807, 2.05) is 24.4 Å². The van der Waals surface area contributed by atoms with Gasteiger partial charge in [0.15, 0.2) is 0 Å². The average Bonchev–Trinajstić information content (AvgIpc) is 2.60. The molecule has 2 aromatic carbocycles. The molecular formula is C22H25ClN2O. The van der Waals surface area contributed by atoms with E-state index in [1.165, 1.54) is 16.8 Å². The molecule has 0 unspecified atom stereocenters. The first kappa shape index (κ1) is 18.5. The van der Waals surface area contributed by atoms with Gasteiger partial charge in [-0.15, -0.1) is 0 Å². The van der Waals surface area contributed by atoms with Crippen molar-refractivity contribution in [1.29, 1.82) is 0 Å². The lowest BCUT2D eigenvalue weighted by Crippen LogP contribution is -2.44. The van der Waals surface area contributed by atoms with E-state index in [0.29, 0.717) is 10.8 Å². The van der Waals surface area contributed by atoms with E-state index >= 15 is 0 Å². The van der Waals surface area contributed by atoms with Crippen molar-refractivity contribution < 1.29 is 4.74 Å². The van der Waals surface area contributed by atoms with Gasteiger partial charge in [0, 0.05) is 24.0 Å². The molecule has 0 radical (unpaired) electrons. The number of likely N-dealkylation sites (N-methyl/N-ethyl adjacent to an activating group) is 1. The lowest BCUT2D eigenvalue weighted by molar-refractivity contribution is 0.415. The van der Waals surface area contributed by atoms with Gasteiger partial charge in [-0.2, -0.15) is 0 Å². The van der Waals surface area contributed by atoms with Gasteiger partial charge < -0.3 is 9.64 Å². The zero-order valence-electron chi connectivity index (χ0n) is 16.0. The third-order valence-corrected chi connectivity index (χ3v) is 5.11. The van der Waals surface area contributed by atoms with Crippen molar-refractivity contribution in [2.75, 3.05) is 18.6 Å². The van der Waals surface area contributed by atoms with Gasteiger partial charge in [-0.05, 0) is 69.2 Å². The Kier molecular flexibility index (Phi) is 5.10. The Morgan fingerprint density at radius 2 is 1.96 bits per heavy atom. The molecule has 1 aliphatic rings. The number of hydrogen-bond donors (Lipinski definition) is 0. The van der Waals surface area contributed by atoms with Crippen LogP contribution in [0.3, 0.4) is 0 Å². The molecule has 26 heavy (non-hydrogen) atoms. The summed E-state index contributed by atoms with van der Waals surface area (Å²) in [6, 6.07) is 12.0. The van der Waals surface area contributed by atoms with Crippen molar-refractivity contribution >= 4 is 34.8 Å². The van der Waals surface area contributed by atoms with Crippen LogP contribution in [0.25, 0.3) is 5.57 Å². The quantitative estimate of drug-likeness (QED) is 0.607. The maximum atomic E-state index is 6.17. The van der Waals surface area contributed by atoms with Crippen molar-refractivity contribution in [3.05, 3.63) is 58.6 Å². The number of ether oxygens (including phenoxy) is 1. The number of hydrogen-bond acceptors (Lipinski definition) is 3. The minimum atomic E-state index is 0.0291. The monoisotopic (exact) mass is 368 g/mol. The summed E-state index contributed by atoms with van der Waals surface area (Å²) >= 11 is 6.17. The number of aliphatic imine (C=N–C) groups is 1. The lowest BCUT2D eigenvalue weighted by atomic mass is 9.88. The fourth-order valence-electron chi connectivity index (χ4n) is 3.64. The van der Waals surface area contributed by atoms with Crippen LogP contribution in [0.5, 0.6) is 5.75 Å². The van der Waals surface area contributed by atoms with Gasteiger partial charge in [-0.3, -0.25) is 4.99 Å². The maximum Gasteiger partial charge on any atom is 0.137 e. The first-order valence-electron chi connectivity index (χ1n) is 8.85. The highest BCUT2D eigenvalue weighted by Crippen LogP contribution is 2.39. The topological polar surface area (TPSA) is 24.8 Å². The summed E-state index contributed by atoms with van der Waals surface area (Å²) in [5.74, 6) is 0.655. The summed E-state index contributed by atoms with van der Waals surface area (Å²) in [7, 11) is 1.61. The second kappa shape index (κ2) is 7.16. The summed E-state index contributed by atoms with van der Waals surface area (Å²) in [5, 5.41) is 0.562. The molecule has 0 bridgehead atoms. The number of anilines is 1. The molecular weight excluding hydrogens is 344 g/mol. The minimum absolute atomic E-state index is 0.0291. The number of benzene rings is 2. The zero-order chi connectivity index (χ0) is 18.9. The summed E-state index contributed by atoms with van der Waals surface area (Å²) in [4.78, 5) is 6.99. The van der Waals surface area contributed by atoms with Gasteiger partial charge in [-0.25, -0.2) is 0 Å². The molecule has 0 aliphatic carbocycles. The SMILES string of the molecule is CCN1c2ccc(C=Nc3ccc(OC)c(Cl)c3)cc2C(C)=CC1(C)C. The summed E-state index contributed by atoms with van der Waals surface area (Å²) in [6.07, 6.45) is 4.21. The Balaban J connectivity index is 1.92. The number of fused-ring (bicyclic) bond motifs is 1. The standard InChI is InChI=1S/C22H25ClN2O/c1-6-25-20-9-7-16(11-18(20)15(2)13-22(25,3)4)14-24-17-8-10-21(26-5)19(23)12-17/h7-14H,6H2,1-5H3. The Bertz CT molecular complexity index is 884. The van der Waals surface area contributed by atoms with Crippen molar-refractivity contribution in [3.63, 3.8) is 0 Å². The number of halogens is 1. The van der Waals surface area contributed by atoms with Gasteiger partial charge in [0.1, 0.15) is 5.75 Å². The molecule has 0 saturated carbocycles. The van der Waals surface area contributed by atoms with Crippen LogP contribution < -0.4 is 9.64 Å². The van der Waals surface area contributed by atoms with Crippen LogP contribution in [0, 0.1) is 0 Å². The molecule has 0 fully saturated rings. The smallest absolute Gasteiger partial charge is 0.137 e. The fourth-order valence-corrected chi connectivity index (χ4v) is 3.90. The second-order valence-electron chi connectivity index (χ2n) is 7.08. The molecule has 136 valence electrons. The van der Waals surface area contributed by atoms with E-state index < -0.39 is 0 Å². The predicted molar refractivity (Wildman–Crippen MR) is 112 cm³/mol. The average molecular weight is 369 g/mol. The van der Waals surface area contributed by atoms with Crippen LogP contribution in [-0.4, -0.2) is 25.4 Å². The van der Waals surface area contributed by atoms with Crippen molar-refractivity contribution in [2.24, 2.45) is 4.99 Å². The van der Waals surface area contributed by atoms with Crippen molar-refractivity contribution in [1.82, 2.24) is 0 Å². The summed E-state index contributed by atoms with van der Waals surface area (Å²) in [6.45, 7) is 9.86. The first-order chi connectivity index (χ1) is 12.4. The van der Waals surface area contributed by atoms with Crippen LogP contribution in [0.4, 0.5) is 11.4 Å². The normalized spacial score (nSPS) is 15.8. The molecule has 2 aromatic rings. The molecule has 1 heterocycles. The van der Waals surface area contributed by atoms with Gasteiger partial charge in [0.25, 0.3) is 0 Å². The van der Waals surface area contributed by atoms with Gasteiger partial charge >= 0.3 is 0 Å². The summed E-state index contributed by atoms with van der Waals surface area (Å²) < 4.78 is 5.18. The van der Waals surface area contributed by atoms with Crippen LogP contribution in [0.15, 0.2) is 47.5 Å². The summed E-state index contributed by atoms with van der Waals surface area (Å²) in [5.41, 5.74) is 5.75. The number of rotatable bonds is 4. The van der Waals surface area contributed by atoms with Crippen molar-refractivity contribution in [2.45, 2.75) is 33.2 Å². The molecule has 0 aromatic heterocycles. The molecule has 0 saturated heterocycles. The Morgan fingerprint density at radius 3 is 2.62 bits per heavy atom. The van der Waals surface area contributed by atoms with E-state index in [0.717, 1.165) is 17.8 Å². The van der Waals surface area contributed by atoms with E-state index in [4.69, 9.17) is 16.3 Å². The molecule has 3 nitrogen and oxygen atoms in total. The predicted octanol–water partition coefficient (Wildman–Crippen LogP) is 6.12. The highest BCUT2D eigenvalue weighted by molar-refractivity contribution is 6.32. The van der Waals surface area contributed by atoms with E-state index in [2.05, 4.69) is 61.9 Å². The molecule has 0 N–H and O–H groups in total. The fraction of sp³-hybridized carbons (Fsp3) is 0.318. The van der Waals surface area contributed by atoms with Gasteiger partial charge in [0.05, 0.1) is 23.4 Å². The third kappa shape index (κ3) is 3.49.